The van der Waals surface area contributed by atoms with Crippen LogP contribution in [0.5, 0.6) is 0 Å². The normalized spacial score (nSPS) is 12.6. The molecule has 0 fully saturated rings. The number of aliphatic carboxylic acids is 1. The van der Waals surface area contributed by atoms with Crippen molar-refractivity contribution in [3.8, 4) is 0 Å². The fourth-order valence-electron chi connectivity index (χ4n) is 2.05. The van der Waals surface area contributed by atoms with Gasteiger partial charge < -0.3 is 5.11 Å². The Morgan fingerprint density at radius 2 is 2.16 bits per heavy atom. The van der Waals surface area contributed by atoms with Crippen molar-refractivity contribution in [2.75, 3.05) is 0 Å². The topological polar surface area (TPSA) is 71.7 Å². The third kappa shape index (κ3) is 2.61. The summed E-state index contributed by atoms with van der Waals surface area (Å²) in [4.78, 5) is 23.0. The number of carbonyl (C=O) groups is 2. The molecule has 5 nitrogen and oxygen atoms in total. The zero-order chi connectivity index (χ0) is 14.2. The molecule has 0 aliphatic rings. The number of rotatable bonds is 4. The third-order valence-corrected chi connectivity index (χ3v) is 3.17. The van der Waals surface area contributed by atoms with E-state index in [2.05, 4.69) is 5.10 Å². The minimum Gasteiger partial charge on any atom is -0.481 e. The summed E-state index contributed by atoms with van der Waals surface area (Å²) in [6, 6.07) is 3.39. The molecule has 0 saturated heterocycles. The smallest absolute Gasteiger partial charge is 0.304 e. The average molecular weight is 281 g/mol. The molecule has 6 heteroatoms. The molecule has 1 N–H and O–H groups in total. The number of carbonyl (C=O) groups excluding carboxylic acids is 1. The Hall–Kier alpha value is -1.88. The van der Waals surface area contributed by atoms with Crippen LogP contribution in [0.1, 0.15) is 29.4 Å². The minimum atomic E-state index is -0.988. The van der Waals surface area contributed by atoms with Gasteiger partial charge in [0.05, 0.1) is 28.2 Å². The number of aromatic nitrogens is 2. The Kier molecular flexibility index (Phi) is 3.57. The van der Waals surface area contributed by atoms with E-state index >= 15 is 0 Å². The van der Waals surface area contributed by atoms with Gasteiger partial charge in [-0.3, -0.25) is 9.59 Å². The molecule has 0 aliphatic carbocycles. The Morgan fingerprint density at radius 3 is 2.79 bits per heavy atom. The van der Waals surface area contributed by atoms with Gasteiger partial charge in [-0.05, 0) is 19.1 Å². The van der Waals surface area contributed by atoms with Crippen molar-refractivity contribution in [2.45, 2.75) is 20.3 Å². The molecule has 0 aromatic carbocycles. The van der Waals surface area contributed by atoms with Crippen molar-refractivity contribution in [3.63, 3.8) is 0 Å². The molecule has 0 radical (unpaired) electrons. The Morgan fingerprint density at radius 1 is 1.47 bits per heavy atom. The van der Waals surface area contributed by atoms with Gasteiger partial charge in [-0.1, -0.05) is 18.5 Å². The second-order valence-corrected chi connectivity index (χ2v) is 4.94. The maximum absolute atomic E-state index is 12.3. The van der Waals surface area contributed by atoms with E-state index < -0.39 is 11.9 Å². The van der Waals surface area contributed by atoms with E-state index in [1.54, 1.807) is 36.7 Å². The first-order valence-corrected chi connectivity index (χ1v) is 6.18. The monoisotopic (exact) mass is 280 g/mol. The summed E-state index contributed by atoms with van der Waals surface area (Å²) in [5.74, 6) is -1.78. The largest absolute Gasteiger partial charge is 0.481 e. The highest BCUT2D eigenvalue weighted by Gasteiger charge is 2.24. The summed E-state index contributed by atoms with van der Waals surface area (Å²) >= 11 is 5.87. The molecule has 0 bridgehead atoms. The van der Waals surface area contributed by atoms with Crippen LogP contribution in [0.4, 0.5) is 0 Å². The van der Waals surface area contributed by atoms with E-state index in [0.717, 1.165) is 0 Å². The first-order chi connectivity index (χ1) is 8.90. The van der Waals surface area contributed by atoms with Crippen LogP contribution in [0.25, 0.3) is 5.52 Å². The summed E-state index contributed by atoms with van der Waals surface area (Å²) in [5.41, 5.74) is 1.68. The number of halogens is 1. The van der Waals surface area contributed by atoms with E-state index in [4.69, 9.17) is 16.7 Å². The Bertz CT molecular complexity index is 663. The maximum Gasteiger partial charge on any atom is 0.304 e. The fourth-order valence-corrected chi connectivity index (χ4v) is 2.20. The van der Waals surface area contributed by atoms with Crippen molar-refractivity contribution >= 4 is 28.9 Å². The molecule has 0 spiro atoms. The Balaban J connectivity index is 2.47. The average Bonchev–Trinajstić information content (AvgIpc) is 2.62. The van der Waals surface area contributed by atoms with E-state index in [0.29, 0.717) is 21.8 Å². The molecule has 2 aromatic rings. The van der Waals surface area contributed by atoms with E-state index in [-0.39, 0.29) is 12.2 Å². The summed E-state index contributed by atoms with van der Waals surface area (Å²) in [7, 11) is 0. The van der Waals surface area contributed by atoms with Crippen LogP contribution in [0.2, 0.25) is 5.02 Å². The first-order valence-electron chi connectivity index (χ1n) is 5.80. The van der Waals surface area contributed by atoms with Gasteiger partial charge in [0.1, 0.15) is 0 Å². The van der Waals surface area contributed by atoms with Crippen LogP contribution in [0.3, 0.4) is 0 Å². The Labute approximate surface area is 114 Å². The number of nitrogens with zero attached hydrogens (tertiary/aromatic N) is 2. The van der Waals surface area contributed by atoms with Crippen molar-refractivity contribution in [2.24, 2.45) is 5.92 Å². The number of hydrogen-bond acceptors (Lipinski definition) is 3. The molecule has 2 heterocycles. The lowest BCUT2D eigenvalue weighted by Crippen LogP contribution is -2.16. The number of aryl methyl sites for hydroxylation is 1. The van der Waals surface area contributed by atoms with Gasteiger partial charge in [0.15, 0.2) is 5.78 Å². The lowest BCUT2D eigenvalue weighted by atomic mass is 9.95. The highest BCUT2D eigenvalue weighted by molar-refractivity contribution is 6.30. The molecule has 2 aromatic heterocycles. The molecule has 0 amide bonds. The van der Waals surface area contributed by atoms with Gasteiger partial charge in [0, 0.05) is 12.1 Å². The summed E-state index contributed by atoms with van der Waals surface area (Å²) in [6.07, 6.45) is 1.42. The SMILES string of the molecule is Cc1nn2cc(Cl)ccc2c1C(=O)C(C)CC(=O)O. The number of carboxylic acid groups (broad SMARTS) is 1. The molecule has 2 rings (SSSR count). The van der Waals surface area contributed by atoms with Crippen molar-refractivity contribution < 1.29 is 14.7 Å². The molecule has 0 aliphatic heterocycles. The molecular weight excluding hydrogens is 268 g/mol. The lowest BCUT2D eigenvalue weighted by molar-refractivity contribution is -0.137. The van der Waals surface area contributed by atoms with Crippen LogP contribution in [-0.4, -0.2) is 26.5 Å². The zero-order valence-electron chi connectivity index (χ0n) is 10.6. The zero-order valence-corrected chi connectivity index (χ0v) is 11.3. The van der Waals surface area contributed by atoms with Crippen LogP contribution in [0, 0.1) is 12.8 Å². The number of fused-ring (bicyclic) bond motifs is 1. The van der Waals surface area contributed by atoms with Crippen molar-refractivity contribution in [1.82, 2.24) is 9.61 Å². The van der Waals surface area contributed by atoms with E-state index in [1.165, 1.54) is 0 Å². The molecular formula is C13H13ClN2O3. The van der Waals surface area contributed by atoms with Crippen LogP contribution in [-0.2, 0) is 4.79 Å². The predicted octanol–water partition coefficient (Wildman–Crippen LogP) is 2.59. The van der Waals surface area contributed by atoms with Crippen LogP contribution in [0.15, 0.2) is 18.3 Å². The highest BCUT2D eigenvalue weighted by atomic mass is 35.5. The first kappa shape index (κ1) is 13.5. The number of pyridine rings is 1. The second-order valence-electron chi connectivity index (χ2n) is 4.50. The molecule has 100 valence electrons. The van der Waals surface area contributed by atoms with Gasteiger partial charge >= 0.3 is 5.97 Å². The summed E-state index contributed by atoms with van der Waals surface area (Å²) in [6.45, 7) is 3.33. The van der Waals surface area contributed by atoms with Gasteiger partial charge in [-0.15, -0.1) is 0 Å². The fraction of sp³-hybridized carbons (Fsp3) is 0.308. The van der Waals surface area contributed by atoms with E-state index in [1.807, 2.05) is 0 Å². The molecule has 1 unspecified atom stereocenters. The second kappa shape index (κ2) is 5.01. The van der Waals surface area contributed by atoms with Crippen LogP contribution < -0.4 is 0 Å². The third-order valence-electron chi connectivity index (χ3n) is 2.94. The minimum absolute atomic E-state index is 0.191. The summed E-state index contributed by atoms with van der Waals surface area (Å²) < 4.78 is 1.54. The van der Waals surface area contributed by atoms with Gasteiger partial charge in [0.25, 0.3) is 0 Å². The van der Waals surface area contributed by atoms with Crippen LogP contribution >= 0.6 is 11.6 Å². The highest BCUT2D eigenvalue weighted by Crippen LogP contribution is 2.22. The molecule has 19 heavy (non-hydrogen) atoms. The number of ketones is 1. The van der Waals surface area contributed by atoms with Gasteiger partial charge in [-0.25, -0.2) is 4.52 Å². The molecule has 1 atom stereocenters. The quantitative estimate of drug-likeness (QED) is 0.874. The van der Waals surface area contributed by atoms with Crippen molar-refractivity contribution in [1.29, 1.82) is 0 Å². The lowest BCUT2D eigenvalue weighted by Gasteiger charge is -2.07. The van der Waals surface area contributed by atoms with Gasteiger partial charge in [0.2, 0.25) is 0 Å². The summed E-state index contributed by atoms with van der Waals surface area (Å²) in [5, 5.41) is 13.5. The standard InChI is InChI=1S/C13H13ClN2O3/c1-7(5-11(17)18)13(19)12-8(2)15-16-6-9(14)3-4-10(12)16/h3-4,6-7H,5H2,1-2H3,(H,17,18). The van der Waals surface area contributed by atoms with Gasteiger partial charge in [-0.2, -0.15) is 5.10 Å². The van der Waals surface area contributed by atoms with E-state index in [9.17, 15) is 9.59 Å². The van der Waals surface area contributed by atoms with Crippen molar-refractivity contribution in [3.05, 3.63) is 34.6 Å². The predicted molar refractivity (Wildman–Crippen MR) is 70.7 cm³/mol. The number of Topliss-reactive ketones (excluding diaryl/α,β-unsaturated/α-hetero) is 1. The number of hydrogen-bond donors (Lipinski definition) is 1. The number of carboxylic acids is 1. The molecule has 0 saturated carbocycles. The maximum atomic E-state index is 12.3.